The van der Waals surface area contributed by atoms with E-state index in [9.17, 15) is 13.2 Å². The van der Waals surface area contributed by atoms with E-state index in [-0.39, 0.29) is 12.5 Å². The molecule has 0 fully saturated rings. The van der Waals surface area contributed by atoms with Gasteiger partial charge < -0.3 is 5.32 Å². The van der Waals surface area contributed by atoms with Gasteiger partial charge in [0.2, 0.25) is 0 Å². The zero-order chi connectivity index (χ0) is 11.3. The van der Waals surface area contributed by atoms with Gasteiger partial charge in [0.15, 0.2) is 0 Å². The van der Waals surface area contributed by atoms with E-state index in [0.717, 1.165) is 0 Å². The Morgan fingerprint density at radius 2 is 2.13 bits per heavy atom. The summed E-state index contributed by atoms with van der Waals surface area (Å²) in [5.74, 6) is 0. The van der Waals surface area contributed by atoms with Gasteiger partial charge in [0.1, 0.15) is 0 Å². The molecule has 0 amide bonds. The number of halogens is 3. The number of aromatic nitrogens is 1. The number of pyridine rings is 1. The second kappa shape index (κ2) is 5.11. The first-order valence-electron chi connectivity index (χ1n) is 4.68. The minimum atomic E-state index is -4.11. The zero-order valence-corrected chi connectivity index (χ0v) is 8.38. The number of hydrogen-bond donors (Lipinski definition) is 1. The van der Waals surface area contributed by atoms with Crippen LogP contribution in [0.5, 0.6) is 0 Å². The molecular weight excluding hydrogens is 205 g/mol. The van der Waals surface area contributed by atoms with Gasteiger partial charge in [0.25, 0.3) is 0 Å². The molecule has 0 aliphatic rings. The van der Waals surface area contributed by atoms with Crippen LogP contribution in [0.1, 0.15) is 24.6 Å². The maximum absolute atomic E-state index is 12.0. The molecule has 1 aromatic heterocycles. The smallest absolute Gasteiger partial charge is 0.312 e. The number of hydrogen-bond acceptors (Lipinski definition) is 2. The monoisotopic (exact) mass is 218 g/mol. The van der Waals surface area contributed by atoms with Crippen molar-refractivity contribution in [3.05, 3.63) is 30.1 Å². The summed E-state index contributed by atoms with van der Waals surface area (Å²) in [4.78, 5) is 4.02. The maximum atomic E-state index is 12.0. The van der Waals surface area contributed by atoms with Gasteiger partial charge in [0, 0.05) is 18.7 Å². The Morgan fingerprint density at radius 3 is 2.60 bits per heavy atom. The number of rotatable bonds is 4. The molecule has 0 spiro atoms. The molecule has 1 unspecified atom stereocenters. The Kier molecular flexibility index (Phi) is 4.08. The van der Waals surface area contributed by atoms with E-state index in [1.165, 1.54) is 0 Å². The Morgan fingerprint density at radius 1 is 1.40 bits per heavy atom. The maximum Gasteiger partial charge on any atom is 0.389 e. The van der Waals surface area contributed by atoms with E-state index in [1.54, 1.807) is 31.4 Å². The average Bonchev–Trinajstić information content (AvgIpc) is 2.19. The largest absolute Gasteiger partial charge is 0.389 e. The first-order valence-corrected chi connectivity index (χ1v) is 4.68. The molecule has 15 heavy (non-hydrogen) atoms. The van der Waals surface area contributed by atoms with Crippen LogP contribution in [0.15, 0.2) is 24.4 Å². The molecule has 1 N–H and O–H groups in total. The predicted molar refractivity (Wildman–Crippen MR) is 51.3 cm³/mol. The second-order valence-corrected chi connectivity index (χ2v) is 3.25. The molecule has 1 heterocycles. The average molecular weight is 218 g/mol. The summed E-state index contributed by atoms with van der Waals surface area (Å²) in [7, 11) is 1.63. The highest BCUT2D eigenvalue weighted by molar-refractivity contribution is 5.08. The molecule has 0 aromatic carbocycles. The number of nitrogens with zero attached hydrogens (tertiary/aromatic N) is 1. The van der Waals surface area contributed by atoms with Gasteiger partial charge >= 0.3 is 6.18 Å². The van der Waals surface area contributed by atoms with Gasteiger partial charge in [-0.1, -0.05) is 6.07 Å². The lowest BCUT2D eigenvalue weighted by molar-refractivity contribution is -0.136. The molecule has 0 radical (unpaired) electrons. The first kappa shape index (κ1) is 12.0. The van der Waals surface area contributed by atoms with Crippen molar-refractivity contribution >= 4 is 0 Å². The van der Waals surface area contributed by atoms with E-state index in [4.69, 9.17) is 0 Å². The summed E-state index contributed by atoms with van der Waals surface area (Å²) in [6.07, 6.45) is -3.32. The summed E-state index contributed by atoms with van der Waals surface area (Å²) < 4.78 is 36.1. The number of nitrogens with one attached hydrogen (secondary N) is 1. The summed E-state index contributed by atoms with van der Waals surface area (Å²) >= 11 is 0. The molecule has 0 aliphatic carbocycles. The second-order valence-electron chi connectivity index (χ2n) is 3.25. The van der Waals surface area contributed by atoms with Gasteiger partial charge in [-0.15, -0.1) is 0 Å². The minimum Gasteiger partial charge on any atom is -0.312 e. The van der Waals surface area contributed by atoms with Crippen LogP contribution in [0.25, 0.3) is 0 Å². The van der Waals surface area contributed by atoms with E-state index in [2.05, 4.69) is 10.3 Å². The van der Waals surface area contributed by atoms with Crippen LogP contribution in [0.4, 0.5) is 13.2 Å². The molecule has 0 saturated heterocycles. The van der Waals surface area contributed by atoms with Crippen molar-refractivity contribution in [2.45, 2.75) is 25.1 Å². The van der Waals surface area contributed by atoms with Crippen LogP contribution >= 0.6 is 0 Å². The molecule has 84 valence electrons. The highest BCUT2D eigenvalue weighted by atomic mass is 19.4. The fraction of sp³-hybridized carbons (Fsp3) is 0.500. The molecule has 1 rings (SSSR count). The van der Waals surface area contributed by atoms with E-state index >= 15 is 0 Å². The Labute approximate surface area is 86.5 Å². The fourth-order valence-corrected chi connectivity index (χ4v) is 1.33. The molecule has 0 saturated carbocycles. The molecule has 1 aromatic rings. The highest BCUT2D eigenvalue weighted by Crippen LogP contribution is 2.26. The highest BCUT2D eigenvalue weighted by Gasteiger charge is 2.28. The third kappa shape index (κ3) is 4.29. The van der Waals surface area contributed by atoms with Crippen molar-refractivity contribution in [2.24, 2.45) is 0 Å². The van der Waals surface area contributed by atoms with E-state index < -0.39 is 12.6 Å². The lowest BCUT2D eigenvalue weighted by Crippen LogP contribution is -2.20. The fourth-order valence-electron chi connectivity index (χ4n) is 1.33. The van der Waals surface area contributed by atoms with Crippen LogP contribution in [-0.2, 0) is 0 Å². The van der Waals surface area contributed by atoms with Crippen molar-refractivity contribution in [3.8, 4) is 0 Å². The van der Waals surface area contributed by atoms with E-state index in [1.807, 2.05) is 0 Å². The van der Waals surface area contributed by atoms with Gasteiger partial charge in [-0.25, -0.2) is 0 Å². The topological polar surface area (TPSA) is 24.9 Å². The van der Waals surface area contributed by atoms with Crippen molar-refractivity contribution in [1.82, 2.24) is 10.3 Å². The quantitative estimate of drug-likeness (QED) is 0.840. The molecule has 2 nitrogen and oxygen atoms in total. The van der Waals surface area contributed by atoms with Crippen molar-refractivity contribution in [3.63, 3.8) is 0 Å². The van der Waals surface area contributed by atoms with Crippen LogP contribution in [0, 0.1) is 0 Å². The SMILES string of the molecule is CNC(CCC(F)(F)F)c1ccccn1. The van der Waals surface area contributed by atoms with Crippen LogP contribution in [0.3, 0.4) is 0 Å². The van der Waals surface area contributed by atoms with Gasteiger partial charge in [-0.2, -0.15) is 13.2 Å². The first-order chi connectivity index (χ1) is 7.03. The number of alkyl halides is 3. The van der Waals surface area contributed by atoms with E-state index in [0.29, 0.717) is 5.69 Å². The Balaban J connectivity index is 2.58. The van der Waals surface area contributed by atoms with Crippen LogP contribution < -0.4 is 5.32 Å². The lowest BCUT2D eigenvalue weighted by atomic mass is 10.1. The third-order valence-electron chi connectivity index (χ3n) is 2.11. The molecular formula is C10H13F3N2. The standard InChI is InChI=1S/C10H13F3N2/c1-14-8(5-6-10(11,12)13)9-4-2-3-7-15-9/h2-4,7-8,14H,5-6H2,1H3. The van der Waals surface area contributed by atoms with Crippen molar-refractivity contribution in [2.75, 3.05) is 7.05 Å². The van der Waals surface area contributed by atoms with Gasteiger partial charge in [-0.3, -0.25) is 4.98 Å². The molecule has 0 aliphatic heterocycles. The van der Waals surface area contributed by atoms with Crippen LogP contribution in [-0.4, -0.2) is 18.2 Å². The van der Waals surface area contributed by atoms with Crippen molar-refractivity contribution in [1.29, 1.82) is 0 Å². The summed E-state index contributed by atoms with van der Waals surface area (Å²) in [5.41, 5.74) is 0.643. The molecule has 0 bridgehead atoms. The Bertz CT molecular complexity index is 284. The third-order valence-corrected chi connectivity index (χ3v) is 2.11. The Hall–Kier alpha value is -1.10. The van der Waals surface area contributed by atoms with Crippen molar-refractivity contribution < 1.29 is 13.2 Å². The summed E-state index contributed by atoms with van der Waals surface area (Å²) in [6.45, 7) is 0. The molecule has 1 atom stereocenters. The predicted octanol–water partition coefficient (Wildman–Crippen LogP) is 2.68. The zero-order valence-electron chi connectivity index (χ0n) is 8.38. The molecule has 5 heteroatoms. The summed E-state index contributed by atoms with van der Waals surface area (Å²) in [5, 5.41) is 2.83. The normalized spacial score (nSPS) is 13.9. The van der Waals surface area contributed by atoms with Gasteiger partial charge in [-0.05, 0) is 25.6 Å². The lowest BCUT2D eigenvalue weighted by Gasteiger charge is -2.16. The van der Waals surface area contributed by atoms with Gasteiger partial charge in [0.05, 0.1) is 5.69 Å². The van der Waals surface area contributed by atoms with Crippen LogP contribution in [0.2, 0.25) is 0 Å². The summed E-state index contributed by atoms with van der Waals surface area (Å²) in [6, 6.07) is 4.88. The minimum absolute atomic E-state index is 0.0109.